The zero-order valence-corrected chi connectivity index (χ0v) is 10.8. The summed E-state index contributed by atoms with van der Waals surface area (Å²) >= 11 is 0. The first kappa shape index (κ1) is 12.3. The lowest BCUT2D eigenvalue weighted by atomic mass is 10.00. The number of hydrogen-bond donors (Lipinski definition) is 1. The fourth-order valence-corrected chi connectivity index (χ4v) is 2.66. The number of fused-ring (bicyclic) bond motifs is 1. The molecular weight excluding hydrogens is 244 g/mol. The maximum Gasteiger partial charge on any atom is 0.320 e. The van der Waals surface area contributed by atoms with Crippen LogP contribution in [0.5, 0.6) is 5.75 Å². The average Bonchev–Trinajstić information content (AvgIpc) is 2.46. The van der Waals surface area contributed by atoms with Crippen LogP contribution in [0, 0.1) is 0 Å². The van der Waals surface area contributed by atoms with Gasteiger partial charge < -0.3 is 19.6 Å². The number of benzene rings is 1. The molecule has 1 aromatic rings. The Hall–Kier alpha value is -1.75. The fraction of sp³-hybridized carbons (Fsp3) is 0.500. The Balaban J connectivity index is 1.72. The van der Waals surface area contributed by atoms with Gasteiger partial charge in [-0.2, -0.15) is 0 Å². The Kier molecular flexibility index (Phi) is 3.29. The molecule has 2 heterocycles. The number of phenolic OH excluding ortho intramolecular Hbond substituents is 1. The second-order valence-corrected chi connectivity index (χ2v) is 5.01. The molecule has 1 saturated heterocycles. The van der Waals surface area contributed by atoms with Crippen molar-refractivity contribution < 1.29 is 14.6 Å². The van der Waals surface area contributed by atoms with Crippen LogP contribution in [0.3, 0.4) is 0 Å². The number of amides is 2. The van der Waals surface area contributed by atoms with Gasteiger partial charge in [0.1, 0.15) is 5.75 Å². The highest BCUT2D eigenvalue weighted by Gasteiger charge is 2.26. The number of urea groups is 1. The molecule has 0 bridgehead atoms. The number of carbonyl (C=O) groups is 1. The molecule has 2 aliphatic heterocycles. The van der Waals surface area contributed by atoms with Crippen LogP contribution < -0.4 is 0 Å². The highest BCUT2D eigenvalue weighted by molar-refractivity contribution is 5.75. The summed E-state index contributed by atoms with van der Waals surface area (Å²) in [6, 6.07) is 5.49. The van der Waals surface area contributed by atoms with E-state index in [1.807, 2.05) is 15.9 Å². The predicted octanol–water partition coefficient (Wildman–Crippen LogP) is 1.20. The molecule has 2 amide bonds. The Labute approximate surface area is 112 Å². The fourth-order valence-electron chi connectivity index (χ4n) is 2.66. The van der Waals surface area contributed by atoms with E-state index >= 15 is 0 Å². The van der Waals surface area contributed by atoms with Gasteiger partial charge in [0, 0.05) is 26.2 Å². The number of phenols is 1. The molecule has 0 unspecified atom stereocenters. The molecule has 0 saturated carbocycles. The third-order valence-corrected chi connectivity index (χ3v) is 3.75. The highest BCUT2D eigenvalue weighted by atomic mass is 16.5. The first-order valence-corrected chi connectivity index (χ1v) is 6.66. The van der Waals surface area contributed by atoms with Gasteiger partial charge in [0.2, 0.25) is 0 Å². The molecule has 3 rings (SSSR count). The molecule has 0 radical (unpaired) electrons. The van der Waals surface area contributed by atoms with Crippen molar-refractivity contribution in [2.45, 2.75) is 13.0 Å². The van der Waals surface area contributed by atoms with Crippen LogP contribution in [0.4, 0.5) is 4.79 Å². The van der Waals surface area contributed by atoms with Gasteiger partial charge in [-0.15, -0.1) is 0 Å². The minimum atomic E-state index is 0.0808. The van der Waals surface area contributed by atoms with Gasteiger partial charge >= 0.3 is 6.03 Å². The summed E-state index contributed by atoms with van der Waals surface area (Å²) in [4.78, 5) is 16.1. The van der Waals surface area contributed by atoms with E-state index < -0.39 is 0 Å². The normalized spacial score (nSPS) is 19.2. The molecule has 5 nitrogen and oxygen atoms in total. The van der Waals surface area contributed by atoms with Gasteiger partial charge in [0.15, 0.2) is 0 Å². The predicted molar refractivity (Wildman–Crippen MR) is 70.0 cm³/mol. The maximum absolute atomic E-state index is 12.4. The largest absolute Gasteiger partial charge is 0.508 e. The first-order chi connectivity index (χ1) is 9.24. The van der Waals surface area contributed by atoms with Crippen LogP contribution in [0.15, 0.2) is 18.2 Å². The van der Waals surface area contributed by atoms with E-state index in [0.29, 0.717) is 32.8 Å². The van der Waals surface area contributed by atoms with Crippen LogP contribution in [-0.2, 0) is 17.7 Å². The van der Waals surface area contributed by atoms with Gasteiger partial charge in [-0.3, -0.25) is 0 Å². The van der Waals surface area contributed by atoms with Gasteiger partial charge in [-0.25, -0.2) is 4.79 Å². The molecule has 0 atom stereocenters. The number of carbonyl (C=O) groups excluding carboxylic acids is 1. The number of ether oxygens (including phenoxy) is 1. The first-order valence-electron chi connectivity index (χ1n) is 6.66. The lowest BCUT2D eigenvalue weighted by molar-refractivity contribution is 0.0421. The summed E-state index contributed by atoms with van der Waals surface area (Å²) in [5.41, 5.74) is 2.27. The van der Waals surface area contributed by atoms with Crippen LogP contribution in [0.1, 0.15) is 11.1 Å². The standard InChI is InChI=1S/C14H18N2O3/c17-13-2-1-11-3-4-16(10-12(11)9-13)14(18)15-5-7-19-8-6-15/h1-2,9,17H,3-8,10H2. The Morgan fingerprint density at radius 1 is 1.11 bits per heavy atom. The zero-order chi connectivity index (χ0) is 13.2. The van der Waals surface area contributed by atoms with Crippen molar-refractivity contribution in [3.8, 4) is 5.75 Å². The number of rotatable bonds is 0. The molecule has 0 spiro atoms. The van der Waals surface area contributed by atoms with Crippen molar-refractivity contribution in [3.63, 3.8) is 0 Å². The molecule has 1 N–H and O–H groups in total. The number of hydrogen-bond acceptors (Lipinski definition) is 3. The van der Waals surface area contributed by atoms with Crippen LogP contribution in [0.25, 0.3) is 0 Å². The SMILES string of the molecule is O=C(N1CCOCC1)N1CCc2ccc(O)cc2C1. The number of aromatic hydroxyl groups is 1. The lowest BCUT2D eigenvalue weighted by Crippen LogP contribution is -2.49. The summed E-state index contributed by atoms with van der Waals surface area (Å²) in [5, 5.41) is 9.53. The monoisotopic (exact) mass is 262 g/mol. The summed E-state index contributed by atoms with van der Waals surface area (Å²) in [5.74, 6) is 0.263. The van der Waals surface area contributed by atoms with E-state index in [-0.39, 0.29) is 11.8 Å². The van der Waals surface area contributed by atoms with Crippen LogP contribution in [0.2, 0.25) is 0 Å². The second-order valence-electron chi connectivity index (χ2n) is 5.01. The maximum atomic E-state index is 12.4. The summed E-state index contributed by atoms with van der Waals surface area (Å²) in [7, 11) is 0. The number of morpholine rings is 1. The van der Waals surface area contributed by atoms with Crippen LogP contribution in [-0.4, -0.2) is 53.8 Å². The Morgan fingerprint density at radius 3 is 2.68 bits per heavy atom. The summed E-state index contributed by atoms with van der Waals surface area (Å²) in [6.07, 6.45) is 0.853. The summed E-state index contributed by atoms with van der Waals surface area (Å²) in [6.45, 7) is 3.91. The van der Waals surface area contributed by atoms with E-state index in [0.717, 1.165) is 18.5 Å². The number of nitrogens with zero attached hydrogens (tertiary/aromatic N) is 2. The van der Waals surface area contributed by atoms with Crippen molar-refractivity contribution in [2.75, 3.05) is 32.8 Å². The lowest BCUT2D eigenvalue weighted by Gasteiger charge is -2.35. The van der Waals surface area contributed by atoms with Crippen molar-refractivity contribution >= 4 is 6.03 Å². The van der Waals surface area contributed by atoms with E-state index in [2.05, 4.69) is 0 Å². The second kappa shape index (κ2) is 5.09. The van der Waals surface area contributed by atoms with Crippen molar-refractivity contribution in [3.05, 3.63) is 29.3 Å². The molecule has 2 aliphatic rings. The molecule has 1 aromatic carbocycles. The Morgan fingerprint density at radius 2 is 1.89 bits per heavy atom. The molecule has 0 aliphatic carbocycles. The average molecular weight is 262 g/mol. The van der Waals surface area contributed by atoms with Crippen molar-refractivity contribution in [2.24, 2.45) is 0 Å². The third kappa shape index (κ3) is 2.51. The molecule has 1 fully saturated rings. The molecular formula is C14H18N2O3. The highest BCUT2D eigenvalue weighted by Crippen LogP contribution is 2.23. The quantitative estimate of drug-likeness (QED) is 0.764. The van der Waals surface area contributed by atoms with Crippen molar-refractivity contribution in [1.82, 2.24) is 9.80 Å². The van der Waals surface area contributed by atoms with Gasteiger partial charge in [0.05, 0.1) is 13.2 Å². The third-order valence-electron chi connectivity index (χ3n) is 3.75. The van der Waals surface area contributed by atoms with Gasteiger partial charge in [-0.1, -0.05) is 6.07 Å². The van der Waals surface area contributed by atoms with Gasteiger partial charge in [0.25, 0.3) is 0 Å². The van der Waals surface area contributed by atoms with Gasteiger partial charge in [-0.05, 0) is 29.7 Å². The summed E-state index contributed by atoms with van der Waals surface area (Å²) < 4.78 is 5.26. The topological polar surface area (TPSA) is 53.0 Å². The minimum absolute atomic E-state index is 0.0808. The van der Waals surface area contributed by atoms with E-state index in [9.17, 15) is 9.90 Å². The van der Waals surface area contributed by atoms with Crippen molar-refractivity contribution in [1.29, 1.82) is 0 Å². The van der Waals surface area contributed by atoms with E-state index in [1.165, 1.54) is 5.56 Å². The minimum Gasteiger partial charge on any atom is -0.508 e. The molecule has 19 heavy (non-hydrogen) atoms. The Bertz CT molecular complexity index is 484. The van der Waals surface area contributed by atoms with E-state index in [1.54, 1.807) is 12.1 Å². The van der Waals surface area contributed by atoms with E-state index in [4.69, 9.17) is 4.74 Å². The van der Waals surface area contributed by atoms with Crippen LogP contribution >= 0.6 is 0 Å². The molecule has 102 valence electrons. The zero-order valence-electron chi connectivity index (χ0n) is 10.8. The molecule has 5 heteroatoms. The smallest absolute Gasteiger partial charge is 0.320 e. The molecule has 0 aromatic heterocycles.